The number of amides is 1. The molecule has 0 aromatic heterocycles. The highest BCUT2D eigenvalue weighted by Crippen LogP contribution is 2.24. The maximum atomic E-state index is 13.1. The van der Waals surface area contributed by atoms with E-state index < -0.39 is 12.1 Å². The van der Waals surface area contributed by atoms with E-state index in [0.717, 1.165) is 12.0 Å². The average molecular weight is 346 g/mol. The molecule has 2 fully saturated rings. The van der Waals surface area contributed by atoms with Gasteiger partial charge in [0.25, 0.3) is 5.91 Å². The first-order valence-electron chi connectivity index (χ1n) is 8.92. The van der Waals surface area contributed by atoms with Gasteiger partial charge in [0.1, 0.15) is 18.8 Å². The summed E-state index contributed by atoms with van der Waals surface area (Å²) in [4.78, 5) is 25.2. The van der Waals surface area contributed by atoms with Crippen LogP contribution in [0.3, 0.4) is 0 Å². The van der Waals surface area contributed by atoms with Gasteiger partial charge < -0.3 is 9.47 Å². The molecule has 0 radical (unpaired) electrons. The van der Waals surface area contributed by atoms with E-state index in [4.69, 9.17) is 9.47 Å². The van der Waals surface area contributed by atoms with Gasteiger partial charge in [0.2, 0.25) is 0 Å². The summed E-state index contributed by atoms with van der Waals surface area (Å²) in [7, 11) is 0. The van der Waals surface area contributed by atoms with Gasteiger partial charge in [-0.15, -0.1) is 0 Å². The van der Waals surface area contributed by atoms with Gasteiger partial charge in [-0.05, 0) is 24.3 Å². The first kappa shape index (κ1) is 18.0. The zero-order valence-corrected chi connectivity index (χ0v) is 14.8. The molecule has 2 aliphatic rings. The molecule has 25 heavy (non-hydrogen) atoms. The number of ether oxygens (including phenoxy) is 2. The van der Waals surface area contributed by atoms with Gasteiger partial charge >= 0.3 is 0 Å². The fraction of sp³-hybridized carbons (Fsp3) is 0.579. The maximum absolute atomic E-state index is 13.1. The highest BCUT2D eigenvalue weighted by Gasteiger charge is 2.46. The fourth-order valence-electron chi connectivity index (χ4n) is 3.36. The number of ketones is 1. The van der Waals surface area contributed by atoms with E-state index in [-0.39, 0.29) is 24.4 Å². The van der Waals surface area contributed by atoms with Crippen LogP contribution >= 0.6 is 0 Å². The third-order valence-electron chi connectivity index (χ3n) is 4.60. The molecule has 0 bridgehead atoms. The molecular formula is C19H26N2O4. The second kappa shape index (κ2) is 8.08. The Balaban J connectivity index is 1.70. The number of nitrogens with one attached hydrogen (secondary N) is 1. The SMILES string of the molecule is CC(C)C[C@H](OCc1ccccc1)C(=O)N1NCC[C@H]2OCC(=O)[C@H]21. The Morgan fingerprint density at radius 2 is 2.12 bits per heavy atom. The Morgan fingerprint density at radius 1 is 1.36 bits per heavy atom. The molecule has 1 aromatic carbocycles. The van der Waals surface area contributed by atoms with E-state index in [2.05, 4.69) is 19.3 Å². The summed E-state index contributed by atoms with van der Waals surface area (Å²) >= 11 is 0. The van der Waals surface area contributed by atoms with Crippen molar-refractivity contribution < 1.29 is 19.1 Å². The lowest BCUT2D eigenvalue weighted by atomic mass is 10.0. The van der Waals surface area contributed by atoms with Crippen LogP contribution < -0.4 is 5.43 Å². The second-order valence-electron chi connectivity index (χ2n) is 7.08. The zero-order valence-electron chi connectivity index (χ0n) is 14.8. The number of nitrogens with zero attached hydrogens (tertiary/aromatic N) is 1. The quantitative estimate of drug-likeness (QED) is 0.849. The summed E-state index contributed by atoms with van der Waals surface area (Å²) in [6.45, 7) is 5.19. The summed E-state index contributed by atoms with van der Waals surface area (Å²) in [5.74, 6) is 0.0796. The van der Waals surface area contributed by atoms with Crippen molar-refractivity contribution in [3.05, 3.63) is 35.9 Å². The van der Waals surface area contributed by atoms with E-state index in [1.165, 1.54) is 5.01 Å². The van der Waals surface area contributed by atoms with Crippen molar-refractivity contribution in [3.8, 4) is 0 Å². The van der Waals surface area contributed by atoms with E-state index in [1.54, 1.807) is 0 Å². The molecule has 0 aliphatic carbocycles. The minimum Gasteiger partial charge on any atom is -0.368 e. The van der Waals surface area contributed by atoms with E-state index in [1.807, 2.05) is 30.3 Å². The highest BCUT2D eigenvalue weighted by atomic mass is 16.5. The number of hydrazine groups is 1. The number of carbonyl (C=O) groups excluding carboxylic acids is 2. The zero-order chi connectivity index (χ0) is 17.8. The van der Waals surface area contributed by atoms with Gasteiger partial charge in [-0.25, -0.2) is 5.43 Å². The Labute approximate surface area is 148 Å². The van der Waals surface area contributed by atoms with Crippen LogP contribution in [0.1, 0.15) is 32.3 Å². The summed E-state index contributed by atoms with van der Waals surface area (Å²) in [6, 6.07) is 9.26. The molecule has 6 nitrogen and oxygen atoms in total. The maximum Gasteiger partial charge on any atom is 0.266 e. The average Bonchev–Trinajstić information content (AvgIpc) is 3.00. The van der Waals surface area contributed by atoms with Crippen LogP contribution in [-0.2, 0) is 25.7 Å². The molecule has 3 rings (SSSR count). The predicted octanol–water partition coefficient (Wildman–Crippen LogP) is 1.69. The van der Waals surface area contributed by atoms with E-state index in [0.29, 0.717) is 25.5 Å². The minimum atomic E-state index is -0.583. The lowest BCUT2D eigenvalue weighted by molar-refractivity contribution is -0.158. The first-order valence-corrected chi connectivity index (χ1v) is 8.92. The van der Waals surface area contributed by atoms with Gasteiger partial charge in [0, 0.05) is 6.54 Å². The van der Waals surface area contributed by atoms with E-state index >= 15 is 0 Å². The van der Waals surface area contributed by atoms with Crippen LogP contribution in [0.25, 0.3) is 0 Å². The lowest BCUT2D eigenvalue weighted by Gasteiger charge is -2.37. The molecule has 1 amide bonds. The third-order valence-corrected chi connectivity index (χ3v) is 4.60. The fourth-order valence-corrected chi connectivity index (χ4v) is 3.36. The predicted molar refractivity (Wildman–Crippen MR) is 92.5 cm³/mol. The molecule has 0 unspecified atom stereocenters. The van der Waals surface area contributed by atoms with Crippen LogP contribution in [0.5, 0.6) is 0 Å². The highest BCUT2D eigenvalue weighted by molar-refractivity contribution is 5.93. The smallest absolute Gasteiger partial charge is 0.266 e. The third kappa shape index (κ3) is 4.26. The van der Waals surface area contributed by atoms with Crippen LogP contribution in [-0.4, -0.2) is 48.1 Å². The van der Waals surface area contributed by atoms with Crippen LogP contribution in [0.4, 0.5) is 0 Å². The molecule has 3 atom stereocenters. The first-order chi connectivity index (χ1) is 12.1. The van der Waals surface area contributed by atoms with Crippen molar-refractivity contribution in [1.29, 1.82) is 0 Å². The second-order valence-corrected chi connectivity index (χ2v) is 7.08. The van der Waals surface area contributed by atoms with Crippen LogP contribution in [0.15, 0.2) is 30.3 Å². The van der Waals surface area contributed by atoms with Gasteiger partial charge in [-0.1, -0.05) is 44.2 Å². The van der Waals surface area contributed by atoms with Gasteiger partial charge in [0.05, 0.1) is 12.7 Å². The van der Waals surface area contributed by atoms with Crippen molar-refractivity contribution in [2.75, 3.05) is 13.2 Å². The topological polar surface area (TPSA) is 67.9 Å². The lowest BCUT2D eigenvalue weighted by Crippen LogP contribution is -2.62. The molecule has 1 N–H and O–H groups in total. The monoisotopic (exact) mass is 346 g/mol. The summed E-state index contributed by atoms with van der Waals surface area (Å²) < 4.78 is 11.5. The van der Waals surface area contributed by atoms with Crippen molar-refractivity contribution >= 4 is 11.7 Å². The van der Waals surface area contributed by atoms with Gasteiger partial charge in [-0.2, -0.15) is 0 Å². The Morgan fingerprint density at radius 3 is 2.84 bits per heavy atom. The van der Waals surface area contributed by atoms with E-state index in [9.17, 15) is 9.59 Å². The van der Waals surface area contributed by atoms with Crippen LogP contribution in [0.2, 0.25) is 0 Å². The molecule has 2 saturated heterocycles. The Bertz CT molecular complexity index is 605. The van der Waals surface area contributed by atoms with Crippen molar-refractivity contribution in [2.24, 2.45) is 5.92 Å². The normalized spacial score (nSPS) is 24.4. The van der Waals surface area contributed by atoms with Gasteiger partial charge in [-0.3, -0.25) is 14.6 Å². The van der Waals surface area contributed by atoms with Gasteiger partial charge in [0.15, 0.2) is 5.78 Å². The van der Waals surface area contributed by atoms with Crippen molar-refractivity contribution in [1.82, 2.24) is 10.4 Å². The van der Waals surface area contributed by atoms with Crippen molar-refractivity contribution in [2.45, 2.75) is 51.5 Å². The molecule has 2 aliphatic heterocycles. The molecule has 136 valence electrons. The number of carbonyl (C=O) groups is 2. The molecule has 6 heteroatoms. The number of hydrogen-bond donors (Lipinski definition) is 1. The number of benzene rings is 1. The molecular weight excluding hydrogens is 320 g/mol. The number of hydrogen-bond acceptors (Lipinski definition) is 5. The summed E-state index contributed by atoms with van der Waals surface area (Å²) in [6.07, 6.45) is 0.558. The Kier molecular flexibility index (Phi) is 5.83. The largest absolute Gasteiger partial charge is 0.368 e. The molecule has 0 saturated carbocycles. The number of fused-ring (bicyclic) bond motifs is 1. The Hall–Kier alpha value is -1.76. The number of Topliss-reactive ketones (excluding diaryl/α,β-unsaturated/α-hetero) is 1. The molecule has 1 aromatic rings. The summed E-state index contributed by atoms with van der Waals surface area (Å²) in [5.41, 5.74) is 4.10. The molecule has 2 heterocycles. The van der Waals surface area contributed by atoms with Crippen molar-refractivity contribution in [3.63, 3.8) is 0 Å². The molecule has 0 spiro atoms. The minimum absolute atomic E-state index is 0.0445. The summed E-state index contributed by atoms with van der Waals surface area (Å²) in [5, 5.41) is 1.46. The van der Waals surface area contributed by atoms with Crippen LogP contribution in [0, 0.1) is 5.92 Å². The standard InChI is InChI=1S/C19H26N2O4/c1-13(2)10-17(24-11-14-6-4-3-5-7-14)19(23)21-18-15(22)12-25-16(18)8-9-20-21/h3-7,13,16-18,20H,8-12H2,1-2H3/t16-,17+,18-/m1/s1. The number of rotatable bonds is 6.